The van der Waals surface area contributed by atoms with Crippen molar-refractivity contribution in [2.75, 3.05) is 0 Å². The van der Waals surface area contributed by atoms with Crippen LogP contribution in [0.4, 0.5) is 0 Å². The van der Waals surface area contributed by atoms with Gasteiger partial charge in [-0.05, 0) is 30.3 Å². The summed E-state index contributed by atoms with van der Waals surface area (Å²) in [5.74, 6) is 0. The number of hydrogen-bond donors (Lipinski definition) is 0. The predicted molar refractivity (Wildman–Crippen MR) is 79.2 cm³/mol. The van der Waals surface area contributed by atoms with Crippen molar-refractivity contribution in [1.82, 2.24) is 0 Å². The summed E-state index contributed by atoms with van der Waals surface area (Å²) in [6.07, 6.45) is 0. The molecule has 0 spiro atoms. The summed E-state index contributed by atoms with van der Waals surface area (Å²) in [5.41, 5.74) is 0. The molecular formula is C18H13S+. The molecule has 3 aromatic carbocycles. The van der Waals surface area contributed by atoms with E-state index in [1.165, 1.54) is 14.7 Å². The van der Waals surface area contributed by atoms with Crippen LogP contribution in [-0.4, -0.2) is 0 Å². The molecule has 0 aliphatic rings. The van der Waals surface area contributed by atoms with Crippen molar-refractivity contribution in [2.24, 2.45) is 0 Å². The van der Waals surface area contributed by atoms with Gasteiger partial charge in [0.2, 0.25) is 0 Å². The van der Waals surface area contributed by atoms with Crippen LogP contribution in [0.5, 0.6) is 0 Å². The molecule has 19 heavy (non-hydrogen) atoms. The third-order valence-corrected chi connectivity index (χ3v) is 5.03. The first-order valence-corrected chi connectivity index (χ1v) is 7.40. The van der Waals surface area contributed by atoms with Gasteiger partial charge in [0.15, 0.2) is 14.7 Å². The minimum atomic E-state index is -0.0659. The second-order valence-corrected chi connectivity index (χ2v) is 6.13. The lowest BCUT2D eigenvalue weighted by molar-refractivity contribution is 1.32. The number of benzene rings is 2. The van der Waals surface area contributed by atoms with E-state index >= 15 is 0 Å². The van der Waals surface area contributed by atoms with Crippen molar-refractivity contribution in [1.29, 1.82) is 0 Å². The maximum Gasteiger partial charge on any atom is 0.175 e. The van der Waals surface area contributed by atoms with E-state index in [9.17, 15) is 0 Å². The van der Waals surface area contributed by atoms with Crippen LogP contribution < -0.4 is 0 Å². The maximum absolute atomic E-state index is 3.06. The Morgan fingerprint density at radius 1 is 0.579 bits per heavy atom. The van der Waals surface area contributed by atoms with Crippen LogP contribution in [0.25, 0.3) is 0 Å². The SMILES string of the molecule is c1ccc([S+](c2ccccc2)c2ccccc2)cc#1. The molecule has 0 heterocycles. The van der Waals surface area contributed by atoms with E-state index in [1.807, 2.05) is 12.1 Å². The van der Waals surface area contributed by atoms with Gasteiger partial charge >= 0.3 is 0 Å². The Bertz CT molecular complexity index is 524. The average Bonchev–Trinajstić information content (AvgIpc) is 2.51. The molecule has 0 atom stereocenters. The van der Waals surface area contributed by atoms with Gasteiger partial charge in [-0.3, -0.25) is 0 Å². The van der Waals surface area contributed by atoms with Crippen molar-refractivity contribution >= 4 is 10.9 Å². The Balaban J connectivity index is 2.12. The highest BCUT2D eigenvalue weighted by Crippen LogP contribution is 2.29. The molecule has 0 saturated heterocycles. The lowest BCUT2D eigenvalue weighted by atomic mass is 10.4. The first kappa shape index (κ1) is 11.9. The summed E-state index contributed by atoms with van der Waals surface area (Å²) < 4.78 is 0. The Hall–Kier alpha value is -2.17. The molecule has 0 aliphatic carbocycles. The molecule has 0 N–H and O–H groups in total. The molecule has 90 valence electrons. The van der Waals surface area contributed by atoms with Gasteiger partial charge in [0, 0.05) is 12.1 Å². The zero-order chi connectivity index (χ0) is 12.9. The van der Waals surface area contributed by atoms with Crippen molar-refractivity contribution in [3.05, 3.63) is 91.0 Å². The molecule has 3 aromatic rings. The highest BCUT2D eigenvalue weighted by molar-refractivity contribution is 7.97. The third-order valence-electron chi connectivity index (χ3n) is 2.82. The first-order chi connectivity index (χ1) is 9.45. The zero-order valence-corrected chi connectivity index (χ0v) is 11.2. The van der Waals surface area contributed by atoms with Crippen molar-refractivity contribution in [3.63, 3.8) is 0 Å². The molecule has 0 saturated carbocycles. The molecule has 3 rings (SSSR count). The minimum absolute atomic E-state index is 0.0659. The molecule has 0 aromatic heterocycles. The van der Waals surface area contributed by atoms with Crippen LogP contribution in [0.15, 0.2) is 93.5 Å². The fraction of sp³-hybridized carbons (Fsp3) is 0. The van der Waals surface area contributed by atoms with Crippen LogP contribution >= 0.6 is 0 Å². The fourth-order valence-electron chi connectivity index (χ4n) is 1.98. The number of hydrogen-bond acceptors (Lipinski definition) is 0. The molecule has 0 unspecified atom stereocenters. The average molecular weight is 261 g/mol. The standard InChI is InChI=1S/C18H13S/c1-4-10-16(11-5-1)19(17-12-6-2-7-13-17)18-14-8-3-9-15-18/h1-2,4-8,10-15H/q+1. The summed E-state index contributed by atoms with van der Waals surface area (Å²) in [7, 11) is -0.0659. The highest BCUT2D eigenvalue weighted by atomic mass is 32.2. The molecule has 0 bridgehead atoms. The Morgan fingerprint density at radius 3 is 1.63 bits per heavy atom. The second-order valence-electron chi connectivity index (χ2n) is 4.10. The molecule has 0 amide bonds. The van der Waals surface area contributed by atoms with E-state index in [-0.39, 0.29) is 10.9 Å². The van der Waals surface area contributed by atoms with Gasteiger partial charge in [0.05, 0.1) is 10.9 Å². The molecular weight excluding hydrogens is 248 g/mol. The van der Waals surface area contributed by atoms with Gasteiger partial charge in [-0.1, -0.05) is 48.5 Å². The summed E-state index contributed by atoms with van der Waals surface area (Å²) in [5, 5.41) is 0. The summed E-state index contributed by atoms with van der Waals surface area (Å²) in [6, 6.07) is 33.4. The van der Waals surface area contributed by atoms with E-state index in [4.69, 9.17) is 0 Å². The Kier molecular flexibility index (Phi) is 3.54. The Labute approximate surface area is 117 Å². The maximum atomic E-state index is 3.06. The van der Waals surface area contributed by atoms with E-state index in [0.717, 1.165) is 0 Å². The summed E-state index contributed by atoms with van der Waals surface area (Å²) >= 11 is 0. The van der Waals surface area contributed by atoms with Gasteiger partial charge in [-0.2, -0.15) is 0 Å². The highest BCUT2D eigenvalue weighted by Gasteiger charge is 2.27. The van der Waals surface area contributed by atoms with Gasteiger partial charge in [0.25, 0.3) is 0 Å². The lowest BCUT2D eigenvalue weighted by Gasteiger charge is -2.06. The normalized spacial score (nSPS) is 10.2. The van der Waals surface area contributed by atoms with Crippen LogP contribution in [-0.2, 0) is 10.9 Å². The molecule has 0 radical (unpaired) electrons. The predicted octanol–water partition coefficient (Wildman–Crippen LogP) is 4.38. The quantitative estimate of drug-likeness (QED) is 0.614. The van der Waals surface area contributed by atoms with E-state index in [1.54, 1.807) is 0 Å². The van der Waals surface area contributed by atoms with Crippen molar-refractivity contribution in [3.8, 4) is 0 Å². The minimum Gasteiger partial charge on any atom is -0.0699 e. The second kappa shape index (κ2) is 5.65. The summed E-state index contributed by atoms with van der Waals surface area (Å²) in [4.78, 5) is 3.93. The van der Waals surface area contributed by atoms with Crippen molar-refractivity contribution < 1.29 is 0 Å². The van der Waals surface area contributed by atoms with Crippen LogP contribution in [0.1, 0.15) is 0 Å². The largest absolute Gasteiger partial charge is 0.175 e. The zero-order valence-electron chi connectivity index (χ0n) is 10.4. The topological polar surface area (TPSA) is 0 Å². The van der Waals surface area contributed by atoms with Crippen molar-refractivity contribution in [2.45, 2.75) is 14.7 Å². The first-order valence-electron chi connectivity index (χ1n) is 6.17. The van der Waals surface area contributed by atoms with E-state index in [0.29, 0.717) is 0 Å². The summed E-state index contributed by atoms with van der Waals surface area (Å²) in [6.45, 7) is 0. The number of rotatable bonds is 3. The van der Waals surface area contributed by atoms with Crippen LogP contribution in [0.2, 0.25) is 0 Å². The van der Waals surface area contributed by atoms with Gasteiger partial charge in [-0.25, -0.2) is 0 Å². The fourth-order valence-corrected chi connectivity index (χ4v) is 4.04. The molecule has 0 fully saturated rings. The van der Waals surface area contributed by atoms with Crippen LogP contribution in [0, 0.1) is 12.1 Å². The Morgan fingerprint density at radius 2 is 1.16 bits per heavy atom. The van der Waals surface area contributed by atoms with E-state index in [2.05, 4.69) is 78.9 Å². The molecule has 1 heteroatoms. The van der Waals surface area contributed by atoms with Crippen LogP contribution in [0.3, 0.4) is 0 Å². The van der Waals surface area contributed by atoms with Gasteiger partial charge in [0.1, 0.15) is 0 Å². The van der Waals surface area contributed by atoms with E-state index < -0.39 is 0 Å². The van der Waals surface area contributed by atoms with Gasteiger partial charge < -0.3 is 0 Å². The monoisotopic (exact) mass is 261 g/mol. The third kappa shape index (κ3) is 2.65. The van der Waals surface area contributed by atoms with Gasteiger partial charge in [-0.15, -0.1) is 0 Å². The molecule has 0 nitrogen and oxygen atoms in total. The lowest BCUT2D eigenvalue weighted by Crippen LogP contribution is -2.03. The smallest absolute Gasteiger partial charge is 0.0699 e. The molecule has 0 aliphatic heterocycles.